The number of ether oxygens (including phenoxy) is 1. The standard InChI is InChI=1S/C13H14N2O2S/c1-8-15-11-6-10(4-5-12(11)18-8)17-13(16)14-7-9-2-3-9/h4-6,9H,2-3,7H2,1H3,(H,14,16). The number of hydrogen-bond acceptors (Lipinski definition) is 4. The van der Waals surface area contributed by atoms with E-state index in [-0.39, 0.29) is 6.09 Å². The summed E-state index contributed by atoms with van der Waals surface area (Å²) < 4.78 is 6.33. The van der Waals surface area contributed by atoms with Crippen LogP contribution in [0.3, 0.4) is 0 Å². The average Bonchev–Trinajstić information content (AvgIpc) is 3.08. The molecule has 2 aromatic rings. The Balaban J connectivity index is 1.67. The highest BCUT2D eigenvalue weighted by Gasteiger charge is 2.22. The highest BCUT2D eigenvalue weighted by Crippen LogP contribution is 2.28. The van der Waals surface area contributed by atoms with E-state index in [2.05, 4.69) is 10.3 Å². The summed E-state index contributed by atoms with van der Waals surface area (Å²) in [6.45, 7) is 2.68. The van der Waals surface area contributed by atoms with E-state index in [1.54, 1.807) is 23.5 Å². The highest BCUT2D eigenvalue weighted by molar-refractivity contribution is 7.18. The van der Waals surface area contributed by atoms with Crippen LogP contribution in [0, 0.1) is 12.8 Å². The van der Waals surface area contributed by atoms with Gasteiger partial charge in [-0.3, -0.25) is 0 Å². The number of aryl methyl sites for hydroxylation is 1. The predicted octanol–water partition coefficient (Wildman–Crippen LogP) is 3.10. The van der Waals surface area contributed by atoms with E-state index < -0.39 is 0 Å². The van der Waals surface area contributed by atoms with Crippen LogP contribution in [0.4, 0.5) is 4.79 Å². The molecule has 0 saturated heterocycles. The van der Waals surface area contributed by atoms with Crippen molar-refractivity contribution in [1.82, 2.24) is 10.3 Å². The normalized spacial score (nSPS) is 14.7. The van der Waals surface area contributed by atoms with E-state index in [9.17, 15) is 4.79 Å². The third-order valence-corrected chi connectivity index (χ3v) is 3.86. The van der Waals surface area contributed by atoms with Gasteiger partial charge in [-0.05, 0) is 37.8 Å². The molecule has 0 spiro atoms. The molecular formula is C13H14N2O2S. The second-order valence-corrected chi connectivity index (χ2v) is 5.81. The molecule has 3 rings (SSSR count). The fourth-order valence-electron chi connectivity index (χ4n) is 1.78. The molecule has 1 fully saturated rings. The first-order valence-corrected chi connectivity index (χ1v) is 6.85. The Labute approximate surface area is 109 Å². The Morgan fingerprint density at radius 3 is 3.17 bits per heavy atom. The third-order valence-electron chi connectivity index (χ3n) is 2.91. The summed E-state index contributed by atoms with van der Waals surface area (Å²) >= 11 is 1.63. The van der Waals surface area contributed by atoms with Crippen molar-refractivity contribution < 1.29 is 9.53 Å². The van der Waals surface area contributed by atoms with Gasteiger partial charge in [-0.1, -0.05) is 0 Å². The van der Waals surface area contributed by atoms with Crippen molar-refractivity contribution >= 4 is 27.6 Å². The van der Waals surface area contributed by atoms with Gasteiger partial charge in [0.2, 0.25) is 0 Å². The monoisotopic (exact) mass is 262 g/mol. The van der Waals surface area contributed by atoms with E-state index in [0.29, 0.717) is 11.7 Å². The molecule has 94 valence electrons. The number of rotatable bonds is 3. The smallest absolute Gasteiger partial charge is 0.410 e. The summed E-state index contributed by atoms with van der Waals surface area (Å²) in [6.07, 6.45) is 2.04. The molecule has 0 bridgehead atoms. The largest absolute Gasteiger partial charge is 0.412 e. The van der Waals surface area contributed by atoms with Crippen LogP contribution in [0.25, 0.3) is 10.2 Å². The van der Waals surface area contributed by atoms with E-state index in [4.69, 9.17) is 4.74 Å². The molecule has 18 heavy (non-hydrogen) atoms. The SMILES string of the molecule is Cc1nc2cc(OC(=O)NCC3CC3)ccc2s1. The molecule has 5 heteroatoms. The van der Waals surface area contributed by atoms with Crippen LogP contribution in [0.1, 0.15) is 17.8 Å². The highest BCUT2D eigenvalue weighted by atomic mass is 32.1. The Morgan fingerprint density at radius 2 is 2.39 bits per heavy atom. The zero-order chi connectivity index (χ0) is 12.5. The molecule has 1 heterocycles. The van der Waals surface area contributed by atoms with Crippen molar-refractivity contribution in [1.29, 1.82) is 0 Å². The lowest BCUT2D eigenvalue weighted by atomic mass is 10.3. The molecule has 1 aromatic heterocycles. The number of amides is 1. The molecule has 1 aliphatic rings. The number of nitrogens with zero attached hydrogens (tertiary/aromatic N) is 1. The first-order valence-electron chi connectivity index (χ1n) is 6.03. The van der Waals surface area contributed by atoms with Crippen LogP contribution in [0.5, 0.6) is 5.75 Å². The van der Waals surface area contributed by atoms with Gasteiger partial charge in [0.1, 0.15) is 5.75 Å². The van der Waals surface area contributed by atoms with Gasteiger partial charge in [-0.25, -0.2) is 9.78 Å². The minimum absolute atomic E-state index is 0.381. The third kappa shape index (κ3) is 2.61. The first-order chi connectivity index (χ1) is 8.70. The van der Waals surface area contributed by atoms with E-state index in [0.717, 1.165) is 21.8 Å². The van der Waals surface area contributed by atoms with Gasteiger partial charge in [-0.15, -0.1) is 11.3 Å². The number of thiazole rings is 1. The Hall–Kier alpha value is -1.62. The van der Waals surface area contributed by atoms with Crippen molar-refractivity contribution in [3.8, 4) is 5.75 Å². The summed E-state index contributed by atoms with van der Waals surface area (Å²) in [7, 11) is 0. The van der Waals surface area contributed by atoms with Crippen molar-refractivity contribution in [2.75, 3.05) is 6.54 Å². The van der Waals surface area contributed by atoms with E-state index >= 15 is 0 Å². The van der Waals surface area contributed by atoms with Crippen LogP contribution in [0.2, 0.25) is 0 Å². The Bertz CT molecular complexity index is 590. The maximum atomic E-state index is 11.5. The number of nitrogens with one attached hydrogen (secondary N) is 1. The predicted molar refractivity (Wildman–Crippen MR) is 71.1 cm³/mol. The number of hydrogen-bond donors (Lipinski definition) is 1. The number of carbonyl (C=O) groups is 1. The van der Waals surface area contributed by atoms with Crippen LogP contribution in [-0.4, -0.2) is 17.6 Å². The molecule has 1 N–H and O–H groups in total. The lowest BCUT2D eigenvalue weighted by molar-refractivity contribution is 0.200. The van der Waals surface area contributed by atoms with Gasteiger partial charge in [0, 0.05) is 12.6 Å². The second kappa shape index (κ2) is 4.57. The molecule has 0 unspecified atom stereocenters. The molecule has 0 atom stereocenters. The summed E-state index contributed by atoms with van der Waals surface area (Å²) in [5.41, 5.74) is 0.880. The fraction of sp³-hybridized carbons (Fsp3) is 0.385. The number of benzene rings is 1. The van der Waals surface area contributed by atoms with Crippen LogP contribution in [-0.2, 0) is 0 Å². The Morgan fingerprint density at radius 1 is 1.56 bits per heavy atom. The quantitative estimate of drug-likeness (QED) is 0.924. The molecule has 1 aliphatic carbocycles. The first kappa shape index (κ1) is 11.5. The van der Waals surface area contributed by atoms with Gasteiger partial charge in [0.15, 0.2) is 0 Å². The van der Waals surface area contributed by atoms with Gasteiger partial charge in [0.25, 0.3) is 0 Å². The summed E-state index contributed by atoms with van der Waals surface area (Å²) in [4.78, 5) is 15.9. The molecule has 1 aromatic carbocycles. The molecule has 4 nitrogen and oxygen atoms in total. The van der Waals surface area contributed by atoms with Crippen molar-refractivity contribution in [3.05, 3.63) is 23.2 Å². The molecule has 1 saturated carbocycles. The second-order valence-electron chi connectivity index (χ2n) is 4.58. The van der Waals surface area contributed by atoms with Gasteiger partial charge >= 0.3 is 6.09 Å². The number of aromatic nitrogens is 1. The Kier molecular flexibility index (Phi) is 2.91. The summed E-state index contributed by atoms with van der Waals surface area (Å²) in [6, 6.07) is 5.54. The average molecular weight is 262 g/mol. The van der Waals surface area contributed by atoms with Gasteiger partial charge in [0.05, 0.1) is 15.2 Å². The van der Waals surface area contributed by atoms with Crippen LogP contribution >= 0.6 is 11.3 Å². The van der Waals surface area contributed by atoms with E-state index in [1.165, 1.54) is 12.8 Å². The number of carbonyl (C=O) groups excluding carboxylic acids is 1. The minimum atomic E-state index is -0.381. The maximum Gasteiger partial charge on any atom is 0.412 e. The zero-order valence-electron chi connectivity index (χ0n) is 10.1. The van der Waals surface area contributed by atoms with Crippen molar-refractivity contribution in [2.45, 2.75) is 19.8 Å². The van der Waals surface area contributed by atoms with Gasteiger partial charge in [-0.2, -0.15) is 0 Å². The lowest BCUT2D eigenvalue weighted by Crippen LogP contribution is -2.28. The van der Waals surface area contributed by atoms with Crippen LogP contribution < -0.4 is 10.1 Å². The fourth-order valence-corrected chi connectivity index (χ4v) is 2.59. The molecular weight excluding hydrogens is 248 g/mol. The minimum Gasteiger partial charge on any atom is -0.410 e. The summed E-state index contributed by atoms with van der Waals surface area (Å²) in [5, 5.41) is 3.78. The topological polar surface area (TPSA) is 51.2 Å². The van der Waals surface area contributed by atoms with Crippen LogP contribution in [0.15, 0.2) is 18.2 Å². The molecule has 0 aliphatic heterocycles. The zero-order valence-corrected chi connectivity index (χ0v) is 10.9. The van der Waals surface area contributed by atoms with Crippen molar-refractivity contribution in [2.24, 2.45) is 5.92 Å². The maximum absolute atomic E-state index is 11.5. The number of fused-ring (bicyclic) bond motifs is 1. The summed E-state index contributed by atoms with van der Waals surface area (Å²) in [5.74, 6) is 1.20. The lowest BCUT2D eigenvalue weighted by Gasteiger charge is -2.05. The van der Waals surface area contributed by atoms with Crippen molar-refractivity contribution in [3.63, 3.8) is 0 Å². The van der Waals surface area contributed by atoms with E-state index in [1.807, 2.05) is 13.0 Å². The molecule has 1 amide bonds. The van der Waals surface area contributed by atoms with Gasteiger partial charge < -0.3 is 10.1 Å². The molecule has 0 radical (unpaired) electrons.